The summed E-state index contributed by atoms with van der Waals surface area (Å²) in [6.07, 6.45) is 1.40. The summed E-state index contributed by atoms with van der Waals surface area (Å²) in [6.45, 7) is 3.64. The molecule has 2 aromatic carbocycles. The fourth-order valence-electron chi connectivity index (χ4n) is 2.26. The summed E-state index contributed by atoms with van der Waals surface area (Å²) in [7, 11) is -3.98. The molecule has 0 radical (unpaired) electrons. The first-order valence-corrected chi connectivity index (χ1v) is 11.5. The molecule has 0 spiro atoms. The van der Waals surface area contributed by atoms with Gasteiger partial charge in [-0.2, -0.15) is 13.5 Å². The van der Waals surface area contributed by atoms with Crippen molar-refractivity contribution in [1.29, 1.82) is 0 Å². The van der Waals surface area contributed by atoms with Crippen LogP contribution in [-0.4, -0.2) is 31.0 Å². The van der Waals surface area contributed by atoms with Gasteiger partial charge in [0.15, 0.2) is 10.9 Å². The van der Waals surface area contributed by atoms with Gasteiger partial charge in [-0.25, -0.2) is 0 Å². The average Bonchev–Trinajstić information content (AvgIpc) is 2.95. The van der Waals surface area contributed by atoms with Crippen LogP contribution in [0.15, 0.2) is 57.6 Å². The molecule has 0 aromatic heterocycles. The number of hydrogen-bond acceptors (Lipinski definition) is 7. The summed E-state index contributed by atoms with van der Waals surface area (Å²) in [5, 5.41) is 10.7. The fraction of sp³-hybridized carbons (Fsp3) is 0.167. The minimum Gasteiger partial charge on any atom is -0.378 e. The molecule has 1 saturated heterocycles. The predicted octanol–water partition coefficient (Wildman–Crippen LogP) is 3.31. The normalized spacial score (nSPS) is 18.6. The van der Waals surface area contributed by atoms with Crippen molar-refractivity contribution in [3.63, 3.8) is 0 Å². The Bertz CT molecular complexity index is 1070. The van der Waals surface area contributed by atoms with Crippen molar-refractivity contribution in [1.82, 2.24) is 5.32 Å². The van der Waals surface area contributed by atoms with Crippen LogP contribution >= 0.6 is 34.4 Å². The molecular weight excluding hydrogens is 513 g/mol. The Labute approximate surface area is 180 Å². The molecule has 28 heavy (non-hydrogen) atoms. The highest BCUT2D eigenvalue weighted by Gasteiger charge is 2.25. The summed E-state index contributed by atoms with van der Waals surface area (Å²) in [5.41, 5.74) is 1.37. The minimum absolute atomic E-state index is 0.0654. The maximum atomic E-state index is 12.6. The molecule has 0 unspecified atom stereocenters. The lowest BCUT2D eigenvalue weighted by Crippen LogP contribution is -2.23. The molecule has 1 N–H and O–H groups in total. The lowest BCUT2D eigenvalue weighted by molar-refractivity contribution is -0.118. The molecular formula is C18H16IN3O4S2. The van der Waals surface area contributed by atoms with E-state index in [2.05, 4.69) is 38.1 Å². The molecule has 1 aliphatic heterocycles. The van der Waals surface area contributed by atoms with Gasteiger partial charge in [-0.1, -0.05) is 23.4 Å². The number of aryl methyl sites for hydroxylation is 1. The van der Waals surface area contributed by atoms with Crippen LogP contribution in [-0.2, 0) is 14.9 Å². The topological polar surface area (TPSA) is 97.2 Å². The number of thioether (sulfide) groups is 1. The third-order valence-electron chi connectivity index (χ3n) is 3.70. The maximum absolute atomic E-state index is 12.6. The van der Waals surface area contributed by atoms with Gasteiger partial charge in [0.25, 0.3) is 0 Å². The Hall–Kier alpha value is -1.92. The Balaban J connectivity index is 1.85. The maximum Gasteiger partial charge on any atom is 0.339 e. The van der Waals surface area contributed by atoms with Crippen molar-refractivity contribution in [2.24, 2.45) is 10.2 Å². The van der Waals surface area contributed by atoms with Crippen LogP contribution in [0.2, 0.25) is 0 Å². The van der Waals surface area contributed by atoms with Crippen LogP contribution < -0.4 is 9.50 Å². The van der Waals surface area contributed by atoms with Crippen LogP contribution in [0.5, 0.6) is 5.75 Å². The number of hydrogen-bond donors (Lipinski definition) is 1. The summed E-state index contributed by atoms with van der Waals surface area (Å²) in [6, 6.07) is 11.4. The van der Waals surface area contributed by atoms with Gasteiger partial charge in [-0.3, -0.25) is 4.79 Å². The van der Waals surface area contributed by atoms with Crippen LogP contribution in [0, 0.1) is 10.5 Å². The number of benzene rings is 2. The zero-order valence-electron chi connectivity index (χ0n) is 14.9. The van der Waals surface area contributed by atoms with Crippen LogP contribution in [0.25, 0.3) is 0 Å². The van der Waals surface area contributed by atoms with Crippen molar-refractivity contribution in [3.05, 3.63) is 57.2 Å². The van der Waals surface area contributed by atoms with Crippen LogP contribution in [0.4, 0.5) is 0 Å². The van der Waals surface area contributed by atoms with Gasteiger partial charge in [0, 0.05) is 9.13 Å². The van der Waals surface area contributed by atoms with E-state index < -0.39 is 10.1 Å². The van der Waals surface area contributed by atoms with E-state index in [-0.39, 0.29) is 21.8 Å². The highest BCUT2D eigenvalue weighted by Crippen LogP contribution is 2.24. The largest absolute Gasteiger partial charge is 0.378 e. The number of carbonyl (C=O) groups is 1. The number of carbonyl (C=O) groups excluding carboxylic acids is 1. The summed E-state index contributed by atoms with van der Waals surface area (Å²) in [5.74, 6) is 0.0201. The SMILES string of the molecule is Cc1ccc(OS(=O)(=O)c2ccc(I)cc2)c(C=NN=C2NC(=O)[C@@H](C)S2)c1. The van der Waals surface area contributed by atoms with E-state index in [4.69, 9.17) is 4.18 Å². The zero-order valence-corrected chi connectivity index (χ0v) is 18.7. The number of nitrogens with one attached hydrogen (secondary N) is 1. The molecule has 7 nitrogen and oxygen atoms in total. The van der Waals surface area contributed by atoms with E-state index in [1.807, 2.05) is 6.92 Å². The number of nitrogens with zero attached hydrogens (tertiary/aromatic N) is 2. The molecule has 10 heteroatoms. The number of rotatable bonds is 5. The second kappa shape index (κ2) is 8.62. The average molecular weight is 529 g/mol. The lowest BCUT2D eigenvalue weighted by atomic mass is 10.1. The predicted molar refractivity (Wildman–Crippen MR) is 118 cm³/mol. The monoisotopic (exact) mass is 529 g/mol. The molecule has 1 aliphatic rings. The van der Waals surface area contributed by atoms with Crippen LogP contribution in [0.3, 0.4) is 0 Å². The van der Waals surface area contributed by atoms with E-state index in [1.165, 1.54) is 30.1 Å². The van der Waals surface area contributed by atoms with Gasteiger partial charge in [0.1, 0.15) is 4.90 Å². The summed E-state index contributed by atoms with van der Waals surface area (Å²) in [4.78, 5) is 11.5. The van der Waals surface area contributed by atoms with Gasteiger partial charge in [-0.15, -0.1) is 5.10 Å². The lowest BCUT2D eigenvalue weighted by Gasteiger charge is -2.10. The molecule has 1 atom stereocenters. The first-order chi connectivity index (χ1) is 13.2. The van der Waals surface area contributed by atoms with Crippen molar-refractivity contribution in [2.75, 3.05) is 0 Å². The van der Waals surface area contributed by atoms with E-state index >= 15 is 0 Å². The Morgan fingerprint density at radius 2 is 1.93 bits per heavy atom. The summed E-state index contributed by atoms with van der Waals surface area (Å²) >= 11 is 3.37. The first-order valence-electron chi connectivity index (χ1n) is 8.14. The van der Waals surface area contributed by atoms with E-state index in [1.54, 1.807) is 37.3 Å². The Morgan fingerprint density at radius 1 is 1.21 bits per heavy atom. The quantitative estimate of drug-likeness (QED) is 0.278. The van der Waals surface area contributed by atoms with E-state index in [9.17, 15) is 13.2 Å². The smallest absolute Gasteiger partial charge is 0.339 e. The zero-order chi connectivity index (χ0) is 20.3. The van der Waals surface area contributed by atoms with Crippen LogP contribution in [0.1, 0.15) is 18.1 Å². The molecule has 1 amide bonds. The van der Waals surface area contributed by atoms with Gasteiger partial charge in [0.05, 0.1) is 11.5 Å². The van der Waals surface area contributed by atoms with Crippen molar-refractivity contribution in [2.45, 2.75) is 24.0 Å². The molecule has 3 rings (SSSR count). The number of amides is 1. The highest BCUT2D eigenvalue weighted by atomic mass is 127. The van der Waals surface area contributed by atoms with E-state index in [0.29, 0.717) is 10.7 Å². The van der Waals surface area contributed by atoms with Gasteiger partial charge in [0.2, 0.25) is 5.91 Å². The molecule has 1 heterocycles. The minimum atomic E-state index is -3.98. The van der Waals surface area contributed by atoms with E-state index in [0.717, 1.165) is 9.13 Å². The second-order valence-electron chi connectivity index (χ2n) is 5.93. The molecule has 0 bridgehead atoms. The van der Waals surface area contributed by atoms with Crippen molar-refractivity contribution >= 4 is 61.8 Å². The molecule has 146 valence electrons. The molecule has 0 aliphatic carbocycles. The molecule has 2 aromatic rings. The third kappa shape index (κ3) is 5.11. The Kier molecular flexibility index (Phi) is 6.40. The number of amidine groups is 1. The van der Waals surface area contributed by atoms with Gasteiger partial charge in [-0.05, 0) is 72.8 Å². The standard InChI is InChI=1S/C18H16IN3O4S2/c1-11-3-8-16(26-28(24,25)15-6-4-14(19)5-7-15)13(9-11)10-20-22-18-21-17(23)12(2)27-18/h3-10,12H,1-2H3,(H,21,22,23)/t12-/m1/s1. The number of halogens is 1. The Morgan fingerprint density at radius 3 is 2.57 bits per heavy atom. The second-order valence-corrected chi connectivity index (χ2v) is 10.1. The highest BCUT2D eigenvalue weighted by molar-refractivity contribution is 14.1. The third-order valence-corrected chi connectivity index (χ3v) is 6.64. The summed E-state index contributed by atoms with van der Waals surface area (Å²) < 4.78 is 31.4. The van der Waals surface area contributed by atoms with Crippen molar-refractivity contribution in [3.8, 4) is 5.75 Å². The van der Waals surface area contributed by atoms with Gasteiger partial charge >= 0.3 is 10.1 Å². The fourth-order valence-corrected chi connectivity index (χ4v) is 4.33. The molecule has 1 fully saturated rings. The van der Waals surface area contributed by atoms with Gasteiger partial charge < -0.3 is 9.50 Å². The molecule has 0 saturated carbocycles. The van der Waals surface area contributed by atoms with Crippen molar-refractivity contribution < 1.29 is 17.4 Å². The first kappa shape index (κ1) is 20.8.